The van der Waals surface area contributed by atoms with Crippen LogP contribution in [-0.2, 0) is 0 Å². The molecule has 0 amide bonds. The van der Waals surface area contributed by atoms with Gasteiger partial charge in [-0.3, -0.25) is 9.79 Å². The van der Waals surface area contributed by atoms with Gasteiger partial charge in [0.25, 0.3) is 5.56 Å². The molecule has 0 aliphatic carbocycles. The Kier molecular flexibility index (Phi) is 3.61. The summed E-state index contributed by atoms with van der Waals surface area (Å²) in [7, 11) is 0. The summed E-state index contributed by atoms with van der Waals surface area (Å²) >= 11 is 0. The molecule has 0 bridgehead atoms. The number of para-hydroxylation sites is 1. The van der Waals surface area contributed by atoms with Gasteiger partial charge in [0.1, 0.15) is 0 Å². The molecule has 1 heterocycles. The van der Waals surface area contributed by atoms with Crippen LogP contribution in [0.3, 0.4) is 0 Å². The molecule has 0 fully saturated rings. The fourth-order valence-electron chi connectivity index (χ4n) is 2.08. The SMILES string of the molecule is CC(=Nc1ccccc1C)c1c(C)cc(=O)n(O)c1O. The Labute approximate surface area is 116 Å². The molecule has 5 heteroatoms. The third-order valence-corrected chi connectivity index (χ3v) is 3.13. The predicted octanol–water partition coefficient (Wildman–Crippen LogP) is 2.55. The van der Waals surface area contributed by atoms with Crippen LogP contribution >= 0.6 is 0 Å². The van der Waals surface area contributed by atoms with Crippen molar-refractivity contribution in [1.29, 1.82) is 0 Å². The highest BCUT2D eigenvalue weighted by molar-refractivity contribution is 6.03. The van der Waals surface area contributed by atoms with Gasteiger partial charge in [-0.15, -0.1) is 4.73 Å². The van der Waals surface area contributed by atoms with E-state index in [4.69, 9.17) is 0 Å². The Morgan fingerprint density at radius 3 is 2.50 bits per heavy atom. The highest BCUT2D eigenvalue weighted by Gasteiger charge is 2.14. The standard InChI is InChI=1S/C15H16N2O3/c1-9-6-4-5-7-12(9)16-11(3)14-10(2)8-13(18)17(20)15(14)19/h4-8,19-20H,1-3H3. The van der Waals surface area contributed by atoms with E-state index < -0.39 is 11.4 Å². The molecule has 1 aromatic carbocycles. The van der Waals surface area contributed by atoms with Crippen molar-refractivity contribution in [1.82, 2.24) is 4.73 Å². The van der Waals surface area contributed by atoms with E-state index in [9.17, 15) is 15.1 Å². The number of aromatic nitrogens is 1. The largest absolute Gasteiger partial charge is 0.492 e. The van der Waals surface area contributed by atoms with Crippen molar-refractivity contribution in [2.45, 2.75) is 20.8 Å². The van der Waals surface area contributed by atoms with Crippen LogP contribution in [0.15, 0.2) is 40.1 Å². The molecular formula is C15H16N2O3. The molecule has 0 aliphatic rings. The maximum atomic E-state index is 11.4. The molecule has 5 nitrogen and oxygen atoms in total. The van der Waals surface area contributed by atoms with Crippen LogP contribution in [0.25, 0.3) is 0 Å². The molecule has 1 aromatic heterocycles. The van der Waals surface area contributed by atoms with Crippen LogP contribution < -0.4 is 5.56 Å². The van der Waals surface area contributed by atoms with E-state index in [1.165, 1.54) is 6.07 Å². The Morgan fingerprint density at radius 1 is 1.20 bits per heavy atom. The summed E-state index contributed by atoms with van der Waals surface area (Å²) in [5.74, 6) is -0.496. The van der Waals surface area contributed by atoms with E-state index >= 15 is 0 Å². The van der Waals surface area contributed by atoms with E-state index in [2.05, 4.69) is 4.99 Å². The van der Waals surface area contributed by atoms with Crippen molar-refractivity contribution in [3.63, 3.8) is 0 Å². The molecule has 0 radical (unpaired) electrons. The Balaban J connectivity index is 2.60. The quantitative estimate of drug-likeness (QED) is 0.651. The normalized spacial score (nSPS) is 11.7. The number of aromatic hydroxyl groups is 1. The van der Waals surface area contributed by atoms with Gasteiger partial charge < -0.3 is 10.3 Å². The number of rotatable bonds is 2. The second-order valence-electron chi connectivity index (χ2n) is 4.66. The summed E-state index contributed by atoms with van der Waals surface area (Å²) < 4.78 is 0.221. The molecule has 2 N–H and O–H groups in total. The number of pyridine rings is 1. The van der Waals surface area contributed by atoms with Gasteiger partial charge in [-0.1, -0.05) is 18.2 Å². The van der Waals surface area contributed by atoms with E-state index in [0.29, 0.717) is 16.8 Å². The zero-order valence-corrected chi connectivity index (χ0v) is 11.6. The van der Waals surface area contributed by atoms with Crippen molar-refractivity contribution in [3.8, 4) is 5.88 Å². The first kappa shape index (κ1) is 13.9. The van der Waals surface area contributed by atoms with Crippen molar-refractivity contribution < 1.29 is 10.3 Å². The van der Waals surface area contributed by atoms with Gasteiger partial charge in [0.15, 0.2) is 0 Å². The van der Waals surface area contributed by atoms with Crippen LogP contribution in [0.5, 0.6) is 5.88 Å². The molecule has 2 aromatic rings. The lowest BCUT2D eigenvalue weighted by molar-refractivity contribution is 0.143. The zero-order valence-electron chi connectivity index (χ0n) is 11.6. The smallest absolute Gasteiger partial charge is 0.286 e. The average Bonchev–Trinajstić information content (AvgIpc) is 2.39. The number of hydrogen-bond donors (Lipinski definition) is 2. The van der Waals surface area contributed by atoms with Gasteiger partial charge in [0, 0.05) is 6.07 Å². The number of benzene rings is 1. The summed E-state index contributed by atoms with van der Waals surface area (Å²) in [6, 6.07) is 8.84. The Bertz CT molecular complexity index is 745. The molecule has 0 unspecified atom stereocenters. The summed E-state index contributed by atoms with van der Waals surface area (Å²) in [5, 5.41) is 19.4. The third-order valence-electron chi connectivity index (χ3n) is 3.13. The van der Waals surface area contributed by atoms with Gasteiger partial charge in [0.05, 0.1) is 17.0 Å². The predicted molar refractivity (Wildman–Crippen MR) is 77.3 cm³/mol. The van der Waals surface area contributed by atoms with Gasteiger partial charge in [-0.25, -0.2) is 0 Å². The lowest BCUT2D eigenvalue weighted by Gasteiger charge is -2.10. The minimum absolute atomic E-state index is 0.221. The molecule has 104 valence electrons. The van der Waals surface area contributed by atoms with Crippen molar-refractivity contribution in [3.05, 3.63) is 57.4 Å². The van der Waals surface area contributed by atoms with Gasteiger partial charge in [-0.05, 0) is 38.0 Å². The monoisotopic (exact) mass is 272 g/mol. The molecule has 20 heavy (non-hydrogen) atoms. The fraction of sp³-hybridized carbons (Fsp3) is 0.200. The van der Waals surface area contributed by atoms with Crippen LogP contribution in [0.1, 0.15) is 23.6 Å². The van der Waals surface area contributed by atoms with Crippen LogP contribution in [0.4, 0.5) is 5.69 Å². The molecule has 0 aliphatic heterocycles. The zero-order chi connectivity index (χ0) is 14.9. The minimum Gasteiger partial charge on any atom is -0.492 e. The van der Waals surface area contributed by atoms with Crippen LogP contribution in [0.2, 0.25) is 0 Å². The number of aryl methyl sites for hydroxylation is 2. The summed E-state index contributed by atoms with van der Waals surface area (Å²) in [6.07, 6.45) is 0. The second kappa shape index (κ2) is 5.21. The van der Waals surface area contributed by atoms with E-state index in [1.54, 1.807) is 13.8 Å². The summed E-state index contributed by atoms with van der Waals surface area (Å²) in [6.45, 7) is 5.35. The van der Waals surface area contributed by atoms with Crippen molar-refractivity contribution >= 4 is 11.4 Å². The molecule has 0 spiro atoms. The molecule has 0 saturated carbocycles. The maximum Gasteiger partial charge on any atom is 0.286 e. The first-order valence-corrected chi connectivity index (χ1v) is 6.18. The maximum absolute atomic E-state index is 11.4. The van der Waals surface area contributed by atoms with Gasteiger partial charge in [0.2, 0.25) is 5.88 Å². The van der Waals surface area contributed by atoms with Crippen molar-refractivity contribution in [2.24, 2.45) is 4.99 Å². The molecule has 0 atom stereocenters. The third kappa shape index (κ3) is 2.42. The first-order chi connectivity index (χ1) is 9.41. The highest BCUT2D eigenvalue weighted by atomic mass is 16.5. The number of aliphatic imine (C=N–C) groups is 1. The summed E-state index contributed by atoms with van der Waals surface area (Å²) in [5.41, 5.74) is 2.55. The Morgan fingerprint density at radius 2 is 1.85 bits per heavy atom. The van der Waals surface area contributed by atoms with E-state index in [0.717, 1.165) is 11.3 Å². The average molecular weight is 272 g/mol. The topological polar surface area (TPSA) is 74.8 Å². The second-order valence-corrected chi connectivity index (χ2v) is 4.66. The Hall–Kier alpha value is -2.56. The van der Waals surface area contributed by atoms with Crippen LogP contribution in [-0.4, -0.2) is 20.8 Å². The van der Waals surface area contributed by atoms with Crippen LogP contribution in [0, 0.1) is 13.8 Å². The van der Waals surface area contributed by atoms with Gasteiger partial charge >= 0.3 is 0 Å². The van der Waals surface area contributed by atoms with E-state index in [1.807, 2.05) is 31.2 Å². The highest BCUT2D eigenvalue weighted by Crippen LogP contribution is 2.23. The van der Waals surface area contributed by atoms with E-state index in [-0.39, 0.29) is 4.73 Å². The lowest BCUT2D eigenvalue weighted by Crippen LogP contribution is -2.20. The fourth-order valence-corrected chi connectivity index (χ4v) is 2.08. The number of nitrogens with zero attached hydrogens (tertiary/aromatic N) is 2. The first-order valence-electron chi connectivity index (χ1n) is 6.18. The van der Waals surface area contributed by atoms with Gasteiger partial charge in [-0.2, -0.15) is 0 Å². The number of hydrogen-bond acceptors (Lipinski definition) is 4. The van der Waals surface area contributed by atoms with Crippen molar-refractivity contribution in [2.75, 3.05) is 0 Å². The molecule has 0 saturated heterocycles. The molecular weight excluding hydrogens is 256 g/mol. The summed E-state index contributed by atoms with van der Waals surface area (Å²) in [4.78, 5) is 15.8. The molecule has 2 rings (SSSR count). The lowest BCUT2D eigenvalue weighted by atomic mass is 10.1. The minimum atomic E-state index is -0.674.